The van der Waals surface area contributed by atoms with Crippen LogP contribution in [0.15, 0.2) is 48.7 Å². The van der Waals surface area contributed by atoms with Crippen molar-refractivity contribution in [1.29, 1.82) is 0 Å². The Labute approximate surface area is 143 Å². The molecule has 2 atom stereocenters. The number of nitrogens with zero attached hydrogens (tertiary/aromatic N) is 2. The number of benzene rings is 1. The molecule has 1 aromatic heterocycles. The van der Waals surface area contributed by atoms with Crippen LogP contribution in [0.5, 0.6) is 0 Å². The Morgan fingerprint density at radius 3 is 2.46 bits per heavy atom. The van der Waals surface area contributed by atoms with Crippen molar-refractivity contribution in [2.45, 2.75) is 37.8 Å². The van der Waals surface area contributed by atoms with E-state index in [0.717, 1.165) is 24.0 Å². The first-order valence-corrected chi connectivity index (χ1v) is 8.64. The minimum Gasteiger partial charge on any atom is -0.346 e. The Bertz CT molecular complexity index is 667. The van der Waals surface area contributed by atoms with Crippen LogP contribution in [0.25, 0.3) is 11.1 Å². The molecule has 1 N–H and O–H groups in total. The van der Waals surface area contributed by atoms with E-state index in [1.807, 2.05) is 42.5 Å². The summed E-state index contributed by atoms with van der Waals surface area (Å²) in [6.45, 7) is 0. The minimum absolute atomic E-state index is 0.0756. The quantitative estimate of drug-likeness (QED) is 0.938. The summed E-state index contributed by atoms with van der Waals surface area (Å²) in [6, 6.07) is 14.5. The van der Waals surface area contributed by atoms with E-state index in [9.17, 15) is 4.79 Å². The monoisotopic (exact) mass is 323 g/mol. The average Bonchev–Trinajstić information content (AvgIpc) is 2.63. The molecule has 1 amide bonds. The van der Waals surface area contributed by atoms with Gasteiger partial charge in [0.2, 0.25) is 0 Å². The van der Waals surface area contributed by atoms with E-state index in [4.69, 9.17) is 0 Å². The molecule has 3 rings (SSSR count). The number of hydrogen-bond donors (Lipinski definition) is 1. The van der Waals surface area contributed by atoms with Gasteiger partial charge in [-0.2, -0.15) is 0 Å². The first kappa shape index (κ1) is 16.7. The summed E-state index contributed by atoms with van der Waals surface area (Å²) in [5.74, 6) is -0.0756. The largest absolute Gasteiger partial charge is 0.346 e. The average molecular weight is 323 g/mol. The summed E-state index contributed by atoms with van der Waals surface area (Å²) in [5.41, 5.74) is 2.62. The molecule has 0 radical (unpaired) electrons. The highest BCUT2D eigenvalue weighted by molar-refractivity contribution is 5.92. The maximum Gasteiger partial charge on any atom is 0.270 e. The predicted molar refractivity (Wildman–Crippen MR) is 96.9 cm³/mol. The molecular formula is C20H25N3O. The summed E-state index contributed by atoms with van der Waals surface area (Å²) >= 11 is 0. The van der Waals surface area contributed by atoms with Crippen molar-refractivity contribution in [2.24, 2.45) is 0 Å². The van der Waals surface area contributed by atoms with Crippen LogP contribution in [0.3, 0.4) is 0 Å². The van der Waals surface area contributed by atoms with Crippen LogP contribution in [0.4, 0.5) is 0 Å². The predicted octanol–water partition coefficient (Wildman–Crippen LogP) is 3.35. The van der Waals surface area contributed by atoms with Gasteiger partial charge in [0.25, 0.3) is 5.91 Å². The first-order chi connectivity index (χ1) is 11.6. The Morgan fingerprint density at radius 2 is 1.79 bits per heavy atom. The van der Waals surface area contributed by atoms with Crippen molar-refractivity contribution in [3.8, 4) is 11.1 Å². The Balaban J connectivity index is 1.69. The Morgan fingerprint density at radius 1 is 1.04 bits per heavy atom. The number of rotatable bonds is 4. The van der Waals surface area contributed by atoms with Gasteiger partial charge in [-0.1, -0.05) is 49.2 Å². The topological polar surface area (TPSA) is 45.2 Å². The molecule has 1 aliphatic rings. The fourth-order valence-corrected chi connectivity index (χ4v) is 3.47. The Kier molecular flexibility index (Phi) is 5.26. The van der Waals surface area contributed by atoms with E-state index >= 15 is 0 Å². The molecule has 4 heteroatoms. The van der Waals surface area contributed by atoms with Gasteiger partial charge < -0.3 is 10.2 Å². The lowest BCUT2D eigenvalue weighted by molar-refractivity contribution is 0.0878. The van der Waals surface area contributed by atoms with Gasteiger partial charge in [-0.05, 0) is 38.6 Å². The van der Waals surface area contributed by atoms with Crippen molar-refractivity contribution in [2.75, 3.05) is 14.1 Å². The molecule has 1 fully saturated rings. The third-order valence-corrected chi connectivity index (χ3v) is 4.81. The van der Waals surface area contributed by atoms with Gasteiger partial charge in [0.15, 0.2) is 0 Å². The zero-order chi connectivity index (χ0) is 16.9. The zero-order valence-corrected chi connectivity index (χ0v) is 14.4. The second-order valence-corrected chi connectivity index (χ2v) is 6.69. The third kappa shape index (κ3) is 3.82. The number of nitrogens with one attached hydrogen (secondary N) is 1. The number of aromatic nitrogens is 1. The molecule has 1 aromatic carbocycles. The zero-order valence-electron chi connectivity index (χ0n) is 14.4. The highest BCUT2D eigenvalue weighted by atomic mass is 16.1. The van der Waals surface area contributed by atoms with E-state index < -0.39 is 0 Å². The van der Waals surface area contributed by atoms with Crippen molar-refractivity contribution in [3.63, 3.8) is 0 Å². The standard InChI is InChI=1S/C20H25N3O/c1-23(2)19-11-7-6-10-17(19)22-20(24)18-13-12-16(14-21-18)15-8-4-3-5-9-15/h3-5,8-9,12-14,17,19H,6-7,10-11H2,1-2H3,(H,22,24). The van der Waals surface area contributed by atoms with E-state index in [2.05, 4.69) is 29.3 Å². The molecular weight excluding hydrogens is 298 g/mol. The lowest BCUT2D eigenvalue weighted by atomic mass is 9.89. The van der Waals surface area contributed by atoms with E-state index in [0.29, 0.717) is 11.7 Å². The van der Waals surface area contributed by atoms with Crippen LogP contribution in [0.1, 0.15) is 36.2 Å². The van der Waals surface area contributed by atoms with Crippen molar-refractivity contribution < 1.29 is 4.79 Å². The summed E-state index contributed by atoms with van der Waals surface area (Å²) in [6.07, 6.45) is 6.36. The number of likely N-dealkylation sites (N-methyl/N-ethyl adjacent to an activating group) is 1. The van der Waals surface area contributed by atoms with Gasteiger partial charge in [-0.3, -0.25) is 9.78 Å². The maximum atomic E-state index is 12.5. The maximum absolute atomic E-state index is 12.5. The normalized spacial score (nSPS) is 20.8. The SMILES string of the molecule is CN(C)C1CCCCC1NC(=O)c1ccc(-c2ccccc2)cn1. The van der Waals surface area contributed by atoms with E-state index in [-0.39, 0.29) is 11.9 Å². The fourth-order valence-electron chi connectivity index (χ4n) is 3.47. The molecule has 0 aliphatic heterocycles. The molecule has 1 saturated carbocycles. The van der Waals surface area contributed by atoms with Crippen LogP contribution in [-0.4, -0.2) is 42.0 Å². The number of pyridine rings is 1. The van der Waals surface area contributed by atoms with Gasteiger partial charge in [0.05, 0.1) is 0 Å². The highest BCUT2D eigenvalue weighted by Gasteiger charge is 2.28. The second-order valence-electron chi connectivity index (χ2n) is 6.69. The van der Waals surface area contributed by atoms with E-state index in [1.165, 1.54) is 12.8 Å². The number of carbonyl (C=O) groups is 1. The second kappa shape index (κ2) is 7.58. The number of amides is 1. The molecule has 0 bridgehead atoms. The summed E-state index contributed by atoms with van der Waals surface area (Å²) in [4.78, 5) is 19.1. The van der Waals surface area contributed by atoms with Gasteiger partial charge in [0, 0.05) is 23.8 Å². The molecule has 2 unspecified atom stereocenters. The molecule has 0 saturated heterocycles. The third-order valence-electron chi connectivity index (χ3n) is 4.81. The van der Waals surface area contributed by atoms with Gasteiger partial charge in [0.1, 0.15) is 5.69 Å². The lowest BCUT2D eigenvalue weighted by Crippen LogP contribution is -2.51. The highest BCUT2D eigenvalue weighted by Crippen LogP contribution is 2.22. The summed E-state index contributed by atoms with van der Waals surface area (Å²) < 4.78 is 0. The van der Waals surface area contributed by atoms with Gasteiger partial charge in [-0.15, -0.1) is 0 Å². The van der Waals surface area contributed by atoms with Gasteiger partial charge >= 0.3 is 0 Å². The molecule has 126 valence electrons. The van der Waals surface area contributed by atoms with Crippen LogP contribution >= 0.6 is 0 Å². The summed E-state index contributed by atoms with van der Waals surface area (Å²) in [5, 5.41) is 3.18. The molecule has 0 spiro atoms. The van der Waals surface area contributed by atoms with Crippen molar-refractivity contribution >= 4 is 5.91 Å². The molecule has 1 heterocycles. The van der Waals surface area contributed by atoms with E-state index in [1.54, 1.807) is 6.20 Å². The summed E-state index contributed by atoms with van der Waals surface area (Å²) in [7, 11) is 4.17. The fraction of sp³-hybridized carbons (Fsp3) is 0.400. The Hall–Kier alpha value is -2.20. The molecule has 1 aliphatic carbocycles. The molecule has 4 nitrogen and oxygen atoms in total. The van der Waals surface area contributed by atoms with Crippen molar-refractivity contribution in [3.05, 3.63) is 54.4 Å². The van der Waals surface area contributed by atoms with Gasteiger partial charge in [-0.25, -0.2) is 0 Å². The lowest BCUT2D eigenvalue weighted by Gasteiger charge is -2.36. The van der Waals surface area contributed by atoms with Crippen LogP contribution in [-0.2, 0) is 0 Å². The molecule has 24 heavy (non-hydrogen) atoms. The van der Waals surface area contributed by atoms with Crippen LogP contribution in [0.2, 0.25) is 0 Å². The number of hydrogen-bond acceptors (Lipinski definition) is 3. The van der Waals surface area contributed by atoms with Crippen molar-refractivity contribution in [1.82, 2.24) is 15.2 Å². The smallest absolute Gasteiger partial charge is 0.270 e. The first-order valence-electron chi connectivity index (χ1n) is 8.64. The number of carbonyl (C=O) groups excluding carboxylic acids is 1. The van der Waals surface area contributed by atoms with Crippen LogP contribution < -0.4 is 5.32 Å². The van der Waals surface area contributed by atoms with Crippen LogP contribution in [0, 0.1) is 0 Å². The minimum atomic E-state index is -0.0756. The molecule has 2 aromatic rings.